The molecule has 0 unspecified atom stereocenters. The molecular formula is C25H31N7O2. The van der Waals surface area contributed by atoms with E-state index in [1.165, 1.54) is 12.8 Å². The van der Waals surface area contributed by atoms with Gasteiger partial charge in [-0.3, -0.25) is 9.36 Å². The van der Waals surface area contributed by atoms with Gasteiger partial charge < -0.3 is 14.5 Å². The molecular weight excluding hydrogens is 430 g/mol. The van der Waals surface area contributed by atoms with Gasteiger partial charge in [-0.05, 0) is 52.5 Å². The summed E-state index contributed by atoms with van der Waals surface area (Å²) in [6, 6.07) is 5.62. The molecule has 3 aromatic heterocycles. The number of hydrogen-bond donors (Lipinski definition) is 0. The lowest BCUT2D eigenvalue weighted by Crippen LogP contribution is -2.49. The summed E-state index contributed by atoms with van der Waals surface area (Å²) in [5.74, 6) is 3.00. The summed E-state index contributed by atoms with van der Waals surface area (Å²) in [5, 5.41) is 0. The number of amides is 1. The van der Waals surface area contributed by atoms with Crippen molar-refractivity contribution < 1.29 is 9.53 Å². The first-order valence-corrected chi connectivity index (χ1v) is 12.0. The molecule has 1 saturated carbocycles. The smallest absolute Gasteiger partial charge is 0.255 e. The number of carbonyl (C=O) groups is 1. The molecule has 0 radical (unpaired) electrons. The number of carbonyl (C=O) groups excluding carboxylic acids is 1. The van der Waals surface area contributed by atoms with Crippen molar-refractivity contribution in [3.63, 3.8) is 0 Å². The van der Waals surface area contributed by atoms with E-state index < -0.39 is 0 Å². The number of aryl methyl sites for hydroxylation is 2. The van der Waals surface area contributed by atoms with E-state index in [9.17, 15) is 4.79 Å². The Bertz CT molecular complexity index is 1160. The highest BCUT2D eigenvalue weighted by atomic mass is 16.5. The number of anilines is 1. The monoisotopic (exact) mass is 461 g/mol. The standard InChI is InChI=1S/C25H31N7O2/c1-17-18(2)32(16-27-17)23-14-22(28-19(3)29-23)30-10-12-31(13-11-30)25(33)20-8-9-24(26-15-20)34-21-6-4-5-7-21/h8-9,14-16,21H,4-7,10-13H2,1-3H3. The van der Waals surface area contributed by atoms with Gasteiger partial charge in [0.15, 0.2) is 0 Å². The predicted octanol–water partition coefficient (Wildman–Crippen LogP) is 3.27. The Morgan fingerprint density at radius 2 is 1.71 bits per heavy atom. The topological polar surface area (TPSA) is 89.3 Å². The van der Waals surface area contributed by atoms with Gasteiger partial charge in [0.2, 0.25) is 5.88 Å². The zero-order valence-electron chi connectivity index (χ0n) is 20.1. The summed E-state index contributed by atoms with van der Waals surface area (Å²) >= 11 is 0. The molecule has 2 fully saturated rings. The van der Waals surface area contributed by atoms with Crippen molar-refractivity contribution >= 4 is 11.7 Å². The molecule has 4 heterocycles. The van der Waals surface area contributed by atoms with Crippen LogP contribution in [-0.2, 0) is 0 Å². The first-order chi connectivity index (χ1) is 16.5. The summed E-state index contributed by atoms with van der Waals surface area (Å²) in [5.41, 5.74) is 2.64. The molecule has 3 aromatic rings. The van der Waals surface area contributed by atoms with Gasteiger partial charge in [-0.1, -0.05) is 0 Å². The molecule has 1 amide bonds. The Labute approximate surface area is 199 Å². The third kappa shape index (κ3) is 4.60. The third-order valence-corrected chi connectivity index (χ3v) is 6.77. The molecule has 0 spiro atoms. The van der Waals surface area contributed by atoms with E-state index in [4.69, 9.17) is 4.74 Å². The van der Waals surface area contributed by atoms with Crippen LogP contribution in [0.15, 0.2) is 30.7 Å². The van der Waals surface area contributed by atoms with Crippen molar-refractivity contribution in [2.45, 2.75) is 52.6 Å². The molecule has 1 aliphatic heterocycles. The fraction of sp³-hybridized carbons (Fsp3) is 0.480. The molecule has 2 aliphatic rings. The van der Waals surface area contributed by atoms with Crippen LogP contribution in [0.5, 0.6) is 5.88 Å². The molecule has 9 nitrogen and oxygen atoms in total. The first-order valence-electron chi connectivity index (χ1n) is 12.0. The molecule has 0 bridgehead atoms. The lowest BCUT2D eigenvalue weighted by Gasteiger charge is -2.35. The van der Waals surface area contributed by atoms with Gasteiger partial charge in [0.1, 0.15) is 29.9 Å². The Kier molecular flexibility index (Phi) is 6.17. The molecule has 9 heteroatoms. The van der Waals surface area contributed by atoms with Gasteiger partial charge >= 0.3 is 0 Å². The van der Waals surface area contributed by atoms with Gasteiger partial charge in [0.25, 0.3) is 5.91 Å². The quantitative estimate of drug-likeness (QED) is 0.576. The Morgan fingerprint density at radius 3 is 2.35 bits per heavy atom. The largest absolute Gasteiger partial charge is 0.474 e. The normalized spacial score (nSPS) is 16.8. The van der Waals surface area contributed by atoms with Crippen LogP contribution in [0.1, 0.15) is 53.3 Å². The second-order valence-electron chi connectivity index (χ2n) is 9.11. The van der Waals surface area contributed by atoms with Crippen LogP contribution in [0, 0.1) is 20.8 Å². The number of rotatable bonds is 5. The van der Waals surface area contributed by atoms with E-state index in [1.807, 2.05) is 48.4 Å². The van der Waals surface area contributed by atoms with Crippen molar-refractivity contribution in [2.75, 3.05) is 31.1 Å². The summed E-state index contributed by atoms with van der Waals surface area (Å²) < 4.78 is 7.90. The van der Waals surface area contributed by atoms with Crippen molar-refractivity contribution in [1.82, 2.24) is 29.4 Å². The number of piperazine rings is 1. The molecule has 34 heavy (non-hydrogen) atoms. The number of imidazole rings is 1. The highest BCUT2D eigenvalue weighted by Gasteiger charge is 2.24. The molecule has 1 aliphatic carbocycles. The lowest BCUT2D eigenvalue weighted by molar-refractivity contribution is 0.0746. The van der Waals surface area contributed by atoms with Gasteiger partial charge in [0.05, 0.1) is 11.3 Å². The molecule has 1 saturated heterocycles. The number of ether oxygens (including phenoxy) is 1. The fourth-order valence-corrected chi connectivity index (χ4v) is 4.63. The summed E-state index contributed by atoms with van der Waals surface area (Å²) in [4.78, 5) is 35.1. The predicted molar refractivity (Wildman–Crippen MR) is 129 cm³/mol. The van der Waals surface area contributed by atoms with E-state index in [2.05, 4.69) is 24.8 Å². The van der Waals surface area contributed by atoms with Crippen LogP contribution in [0.25, 0.3) is 5.82 Å². The molecule has 0 atom stereocenters. The van der Waals surface area contributed by atoms with Gasteiger partial charge in [-0.15, -0.1) is 0 Å². The second kappa shape index (κ2) is 9.40. The average Bonchev–Trinajstić information content (AvgIpc) is 3.48. The third-order valence-electron chi connectivity index (χ3n) is 6.77. The van der Waals surface area contributed by atoms with E-state index in [-0.39, 0.29) is 12.0 Å². The molecule has 0 aromatic carbocycles. The number of pyridine rings is 1. The van der Waals surface area contributed by atoms with Crippen LogP contribution in [-0.4, -0.2) is 67.6 Å². The van der Waals surface area contributed by atoms with Crippen LogP contribution in [0.2, 0.25) is 0 Å². The van der Waals surface area contributed by atoms with E-state index in [0.29, 0.717) is 43.4 Å². The fourth-order valence-electron chi connectivity index (χ4n) is 4.63. The summed E-state index contributed by atoms with van der Waals surface area (Å²) in [7, 11) is 0. The van der Waals surface area contributed by atoms with Gasteiger partial charge in [-0.2, -0.15) is 0 Å². The summed E-state index contributed by atoms with van der Waals surface area (Å²) in [6.45, 7) is 8.59. The summed E-state index contributed by atoms with van der Waals surface area (Å²) in [6.07, 6.45) is 8.29. The lowest BCUT2D eigenvalue weighted by atomic mass is 10.2. The SMILES string of the molecule is Cc1nc(N2CCN(C(=O)c3ccc(OC4CCCC4)nc3)CC2)cc(-n2cnc(C)c2C)n1. The van der Waals surface area contributed by atoms with Gasteiger partial charge in [-0.25, -0.2) is 19.9 Å². The maximum Gasteiger partial charge on any atom is 0.255 e. The minimum absolute atomic E-state index is 0.00337. The second-order valence-corrected chi connectivity index (χ2v) is 9.11. The Morgan fingerprint density at radius 1 is 0.971 bits per heavy atom. The molecule has 178 valence electrons. The van der Waals surface area contributed by atoms with Crippen LogP contribution < -0.4 is 9.64 Å². The van der Waals surface area contributed by atoms with E-state index >= 15 is 0 Å². The van der Waals surface area contributed by atoms with Gasteiger partial charge in [0, 0.05) is 50.2 Å². The zero-order valence-corrected chi connectivity index (χ0v) is 20.1. The highest BCUT2D eigenvalue weighted by molar-refractivity contribution is 5.94. The van der Waals surface area contributed by atoms with Crippen molar-refractivity contribution in [2.24, 2.45) is 0 Å². The van der Waals surface area contributed by atoms with Crippen molar-refractivity contribution in [1.29, 1.82) is 0 Å². The Hall–Kier alpha value is -3.49. The molecule has 5 rings (SSSR count). The first kappa shape index (κ1) is 22.3. The van der Waals surface area contributed by atoms with Crippen LogP contribution >= 0.6 is 0 Å². The maximum absolute atomic E-state index is 13.0. The highest BCUT2D eigenvalue weighted by Crippen LogP contribution is 2.24. The number of aromatic nitrogens is 5. The van der Waals surface area contributed by atoms with Crippen molar-refractivity contribution in [3.8, 4) is 11.7 Å². The number of hydrogen-bond acceptors (Lipinski definition) is 7. The Balaban J connectivity index is 1.22. The minimum Gasteiger partial charge on any atom is -0.474 e. The van der Waals surface area contributed by atoms with Crippen molar-refractivity contribution in [3.05, 3.63) is 53.5 Å². The molecule has 0 N–H and O–H groups in total. The number of nitrogens with zero attached hydrogens (tertiary/aromatic N) is 7. The van der Waals surface area contributed by atoms with E-state index in [1.54, 1.807) is 12.5 Å². The zero-order chi connectivity index (χ0) is 23.7. The van der Waals surface area contributed by atoms with E-state index in [0.717, 1.165) is 35.9 Å². The van der Waals surface area contributed by atoms with Crippen LogP contribution in [0.3, 0.4) is 0 Å². The van der Waals surface area contributed by atoms with Crippen LogP contribution in [0.4, 0.5) is 5.82 Å². The average molecular weight is 462 g/mol. The maximum atomic E-state index is 13.0. The minimum atomic E-state index is 0.00337.